The highest BCUT2D eigenvalue weighted by Gasteiger charge is 2.47. The van der Waals surface area contributed by atoms with Gasteiger partial charge in [0.1, 0.15) is 11.1 Å². The molecule has 3 atom stereocenters. The van der Waals surface area contributed by atoms with Crippen LogP contribution in [0.1, 0.15) is 60.1 Å². The van der Waals surface area contributed by atoms with Crippen LogP contribution in [-0.4, -0.2) is 14.5 Å². The zero-order valence-corrected chi connectivity index (χ0v) is 33.7. The normalized spacial score (nSPS) is 18.5. The van der Waals surface area contributed by atoms with Crippen molar-refractivity contribution in [3.63, 3.8) is 0 Å². The lowest BCUT2D eigenvalue weighted by Crippen LogP contribution is -2.27. The molecule has 0 N–H and O–H groups in total. The molecule has 0 fully saturated rings. The van der Waals surface area contributed by atoms with Crippen LogP contribution in [0.3, 0.4) is 0 Å². The van der Waals surface area contributed by atoms with Crippen molar-refractivity contribution in [3.05, 3.63) is 168 Å². The van der Waals surface area contributed by atoms with E-state index in [0.29, 0.717) is 17.5 Å². The van der Waals surface area contributed by atoms with Crippen molar-refractivity contribution in [3.8, 4) is 5.82 Å². The number of fused-ring (bicyclic) bond motifs is 17. The van der Waals surface area contributed by atoms with E-state index in [1.165, 1.54) is 47.5 Å². The van der Waals surface area contributed by atoms with Crippen LogP contribution in [0, 0.1) is 25.0 Å². The first kappa shape index (κ1) is 33.3. The van der Waals surface area contributed by atoms with E-state index in [1.54, 1.807) is 0 Å². The van der Waals surface area contributed by atoms with Crippen molar-refractivity contribution < 1.29 is 4.42 Å². The zero-order chi connectivity index (χ0) is 39.3. The van der Waals surface area contributed by atoms with Crippen molar-refractivity contribution in [2.24, 2.45) is 5.92 Å². The van der Waals surface area contributed by atoms with E-state index in [-0.39, 0.29) is 11.3 Å². The molecule has 0 saturated carbocycles. The number of furan rings is 1. The number of nitrogens with zero attached hydrogens (tertiary/aromatic N) is 3. The first-order chi connectivity index (χ1) is 28.9. The van der Waals surface area contributed by atoms with Gasteiger partial charge in [0.2, 0.25) is 5.71 Å². The van der Waals surface area contributed by atoms with E-state index in [4.69, 9.17) is 14.4 Å². The molecule has 280 valence electrons. The Hall–Kier alpha value is -6.74. The third-order valence-electron chi connectivity index (χ3n) is 13.7. The summed E-state index contributed by atoms with van der Waals surface area (Å²) in [4.78, 5) is 11.3. The highest BCUT2D eigenvalue weighted by molar-refractivity contribution is 7.27. The molecule has 0 aliphatic heterocycles. The molecule has 0 saturated heterocycles. The maximum absolute atomic E-state index is 6.60. The first-order valence-corrected chi connectivity index (χ1v) is 21.4. The lowest BCUT2D eigenvalue weighted by atomic mass is 9.70. The number of aryl methyl sites for hydroxylation is 1. The molecule has 4 nitrogen and oxygen atoms in total. The van der Waals surface area contributed by atoms with Gasteiger partial charge in [-0.2, -0.15) is 0 Å². The summed E-state index contributed by atoms with van der Waals surface area (Å²) in [5.74, 6) is 1.63. The van der Waals surface area contributed by atoms with Crippen LogP contribution in [0.25, 0.3) is 97.6 Å². The van der Waals surface area contributed by atoms with Gasteiger partial charge in [-0.25, -0.2) is 9.97 Å². The van der Waals surface area contributed by atoms with E-state index in [1.807, 2.05) is 23.5 Å². The average molecular weight is 776 g/mol. The fourth-order valence-corrected chi connectivity index (χ4v) is 12.3. The molecule has 4 aromatic heterocycles. The average Bonchev–Trinajstić information content (AvgIpc) is 3.98. The largest absolute Gasteiger partial charge is 0.436 e. The summed E-state index contributed by atoms with van der Waals surface area (Å²) in [7, 11) is 0. The maximum Gasteiger partial charge on any atom is 0.246 e. The molecule has 0 amide bonds. The third-order valence-corrected chi connectivity index (χ3v) is 14.9. The molecule has 11 aromatic rings. The summed E-state index contributed by atoms with van der Waals surface area (Å²) in [5.41, 5.74) is 10.5. The second kappa shape index (κ2) is 11.7. The molecule has 59 heavy (non-hydrogen) atoms. The molecule has 7 aromatic carbocycles. The number of rotatable bonds is 3. The summed E-state index contributed by atoms with van der Waals surface area (Å²) in [5, 5.41) is 10.4. The smallest absolute Gasteiger partial charge is 0.246 e. The quantitative estimate of drug-likeness (QED) is 0.168. The Kier molecular flexibility index (Phi) is 6.59. The van der Waals surface area contributed by atoms with Crippen molar-refractivity contribution >= 4 is 103 Å². The minimum atomic E-state index is 0.00610. The Balaban J connectivity index is 1.19. The molecule has 4 heterocycles. The van der Waals surface area contributed by atoms with Gasteiger partial charge < -0.3 is 4.42 Å². The molecule has 2 aliphatic carbocycles. The SMILES string of the molecule is C=Cc1ccc2c(c1)c1c3ccc#cc3c3c4cc5ccccc5cc4sc3c1n2-c1nc2c(nc1C1C=CC3[C@H](C1)c1ccccc1C3(C)C)oc1cc(C)ccc12. The number of hydrogen-bond acceptors (Lipinski definition) is 4. The van der Waals surface area contributed by atoms with Gasteiger partial charge in [0.25, 0.3) is 0 Å². The van der Waals surface area contributed by atoms with E-state index >= 15 is 0 Å². The second-order valence-corrected chi connectivity index (χ2v) is 18.3. The monoisotopic (exact) mass is 775 g/mol. The zero-order valence-electron chi connectivity index (χ0n) is 32.9. The number of thiophene rings is 1. The molecule has 0 bridgehead atoms. The first-order valence-electron chi connectivity index (χ1n) is 20.5. The molecule has 0 spiro atoms. The summed E-state index contributed by atoms with van der Waals surface area (Å²) in [6, 6.07) is 46.7. The highest BCUT2D eigenvalue weighted by Crippen LogP contribution is 2.57. The van der Waals surface area contributed by atoms with Crippen LogP contribution in [-0.2, 0) is 5.41 Å². The molecule has 0 radical (unpaired) electrons. The molecule has 2 aliphatic rings. The van der Waals surface area contributed by atoms with Crippen molar-refractivity contribution in [2.75, 3.05) is 0 Å². The van der Waals surface area contributed by atoms with Gasteiger partial charge in [0.05, 0.1) is 21.4 Å². The second-order valence-electron chi connectivity index (χ2n) is 17.3. The van der Waals surface area contributed by atoms with Gasteiger partial charge in [0.15, 0.2) is 5.82 Å². The van der Waals surface area contributed by atoms with Gasteiger partial charge >= 0.3 is 0 Å². The van der Waals surface area contributed by atoms with Crippen LogP contribution >= 0.6 is 11.3 Å². The van der Waals surface area contributed by atoms with Gasteiger partial charge in [-0.05, 0) is 112 Å². The van der Waals surface area contributed by atoms with Crippen LogP contribution in [0.5, 0.6) is 0 Å². The Morgan fingerprint density at radius 1 is 0.847 bits per heavy atom. The summed E-state index contributed by atoms with van der Waals surface area (Å²) < 4.78 is 11.5. The number of hydrogen-bond donors (Lipinski definition) is 0. The predicted octanol–water partition coefficient (Wildman–Crippen LogP) is 14.4. The minimum absolute atomic E-state index is 0.00610. The van der Waals surface area contributed by atoms with Gasteiger partial charge in [-0.1, -0.05) is 111 Å². The maximum atomic E-state index is 6.60. The third kappa shape index (κ3) is 4.45. The van der Waals surface area contributed by atoms with Crippen molar-refractivity contribution in [1.82, 2.24) is 14.5 Å². The summed E-state index contributed by atoms with van der Waals surface area (Å²) in [6.07, 6.45) is 7.78. The predicted molar refractivity (Wildman–Crippen MR) is 246 cm³/mol. The molecular weight excluding hydrogens is 739 g/mol. The van der Waals surface area contributed by atoms with Crippen molar-refractivity contribution in [1.29, 1.82) is 0 Å². The van der Waals surface area contributed by atoms with Crippen LogP contribution in [0.15, 0.2) is 132 Å². The van der Waals surface area contributed by atoms with E-state index in [9.17, 15) is 0 Å². The van der Waals surface area contributed by atoms with Crippen LogP contribution < -0.4 is 0 Å². The van der Waals surface area contributed by atoms with E-state index in [0.717, 1.165) is 72.7 Å². The highest BCUT2D eigenvalue weighted by atomic mass is 32.1. The molecular formula is C54H37N3OS. The van der Waals surface area contributed by atoms with Crippen LogP contribution in [0.2, 0.25) is 0 Å². The number of aromatic nitrogens is 3. The lowest BCUT2D eigenvalue weighted by molar-refractivity contribution is 0.336. The van der Waals surface area contributed by atoms with Gasteiger partial charge in [-0.3, -0.25) is 4.57 Å². The Morgan fingerprint density at radius 2 is 1.69 bits per heavy atom. The fraction of sp³-hybridized carbons (Fsp3) is 0.148. The Morgan fingerprint density at radius 3 is 2.58 bits per heavy atom. The standard InChI is InChI=1S/C54H37N3OS/c1-5-30-19-23-43-39(25-30)46-35-15-8-9-16-36(35)47-40-26-31-12-6-7-13-32(31)28-45(40)59-51(47)50(46)57(43)52-48(56-53-49(55-52)37-21-18-29(2)24-44(37)58-53)33-20-22-42-38(27-33)34-14-10-11-17-41(34)54(42,3)4/h5-8,10-15,17-26,28,33,38,42H,1,27H2,2-4H3/t33?,38-,42?/m1/s1. The van der Waals surface area contributed by atoms with Crippen molar-refractivity contribution in [2.45, 2.75) is 44.4 Å². The lowest BCUT2D eigenvalue weighted by Gasteiger charge is -2.34. The summed E-state index contributed by atoms with van der Waals surface area (Å²) in [6.45, 7) is 11.1. The number of benzene rings is 6. The number of allylic oxidation sites excluding steroid dienone is 2. The Labute approximate surface area is 344 Å². The molecule has 2 unspecified atom stereocenters. The summed E-state index contributed by atoms with van der Waals surface area (Å²) >= 11 is 1.85. The molecule has 13 rings (SSSR count). The van der Waals surface area contributed by atoms with Crippen LogP contribution in [0.4, 0.5) is 0 Å². The topological polar surface area (TPSA) is 43.9 Å². The molecule has 5 heteroatoms. The van der Waals surface area contributed by atoms with E-state index < -0.39 is 0 Å². The Bertz CT molecular complexity index is 3690. The minimum Gasteiger partial charge on any atom is -0.436 e. The fourth-order valence-electron chi connectivity index (χ4n) is 11.0. The van der Waals surface area contributed by atoms with E-state index in [2.05, 4.69) is 159 Å². The van der Waals surface area contributed by atoms with Gasteiger partial charge in [-0.15, -0.1) is 11.3 Å². The van der Waals surface area contributed by atoms with Gasteiger partial charge in [0, 0.05) is 48.3 Å².